The lowest BCUT2D eigenvalue weighted by Gasteiger charge is -2.40. The van der Waals surface area contributed by atoms with Crippen LogP contribution < -0.4 is 0 Å². The van der Waals surface area contributed by atoms with E-state index < -0.39 is 5.60 Å². The molecule has 0 radical (unpaired) electrons. The SMILES string of the molecule is CCc1cc(CC2(O)CCC(C)CC2C)n(CC)n1. The Bertz CT molecular complexity index is 426. The summed E-state index contributed by atoms with van der Waals surface area (Å²) in [4.78, 5) is 0. The van der Waals surface area contributed by atoms with Crippen LogP contribution in [0.2, 0.25) is 0 Å². The molecule has 1 heterocycles. The Balaban J connectivity index is 2.17. The van der Waals surface area contributed by atoms with Gasteiger partial charge in [-0.25, -0.2) is 0 Å². The molecule has 19 heavy (non-hydrogen) atoms. The van der Waals surface area contributed by atoms with Crippen LogP contribution in [0.25, 0.3) is 0 Å². The van der Waals surface area contributed by atoms with E-state index in [1.54, 1.807) is 0 Å². The largest absolute Gasteiger partial charge is 0.389 e. The standard InChI is InChI=1S/C16H28N2O/c1-5-14-10-15(18(6-2)17-14)11-16(19)8-7-12(3)9-13(16)4/h10,12-13,19H,5-9,11H2,1-4H3. The van der Waals surface area contributed by atoms with Gasteiger partial charge in [-0.3, -0.25) is 4.68 Å². The zero-order valence-electron chi connectivity index (χ0n) is 12.8. The highest BCUT2D eigenvalue weighted by molar-refractivity contribution is 5.14. The molecule has 3 nitrogen and oxygen atoms in total. The van der Waals surface area contributed by atoms with Gasteiger partial charge in [0.05, 0.1) is 11.3 Å². The highest BCUT2D eigenvalue weighted by atomic mass is 16.3. The quantitative estimate of drug-likeness (QED) is 0.907. The average Bonchev–Trinajstić information content (AvgIpc) is 2.77. The minimum atomic E-state index is -0.537. The van der Waals surface area contributed by atoms with Crippen molar-refractivity contribution in [2.75, 3.05) is 0 Å². The van der Waals surface area contributed by atoms with Crippen LogP contribution in [-0.4, -0.2) is 20.5 Å². The van der Waals surface area contributed by atoms with Crippen molar-refractivity contribution in [3.05, 3.63) is 17.5 Å². The van der Waals surface area contributed by atoms with Crippen LogP contribution in [0.4, 0.5) is 0 Å². The molecule has 1 fully saturated rings. The molecule has 1 aliphatic rings. The number of rotatable bonds is 4. The van der Waals surface area contributed by atoms with E-state index in [-0.39, 0.29) is 0 Å². The predicted molar refractivity (Wildman–Crippen MR) is 78.1 cm³/mol. The maximum atomic E-state index is 11.0. The molecule has 1 saturated carbocycles. The molecule has 0 spiro atoms. The Kier molecular flexibility index (Phi) is 4.34. The summed E-state index contributed by atoms with van der Waals surface area (Å²) < 4.78 is 2.06. The lowest BCUT2D eigenvalue weighted by molar-refractivity contribution is -0.0535. The van der Waals surface area contributed by atoms with Gasteiger partial charge in [-0.05, 0) is 50.5 Å². The third-order valence-electron chi connectivity index (χ3n) is 4.81. The molecule has 0 saturated heterocycles. The number of hydrogen-bond donors (Lipinski definition) is 1. The monoisotopic (exact) mass is 264 g/mol. The van der Waals surface area contributed by atoms with Crippen molar-refractivity contribution in [2.45, 2.75) is 71.9 Å². The fourth-order valence-electron chi connectivity index (χ4n) is 3.36. The molecule has 2 rings (SSSR count). The van der Waals surface area contributed by atoms with Crippen molar-refractivity contribution >= 4 is 0 Å². The molecule has 0 aliphatic heterocycles. The van der Waals surface area contributed by atoms with Gasteiger partial charge in [0.2, 0.25) is 0 Å². The van der Waals surface area contributed by atoms with Crippen molar-refractivity contribution in [3.8, 4) is 0 Å². The van der Waals surface area contributed by atoms with Gasteiger partial charge in [-0.2, -0.15) is 5.10 Å². The highest BCUT2D eigenvalue weighted by Crippen LogP contribution is 2.38. The number of aromatic nitrogens is 2. The number of aryl methyl sites for hydroxylation is 2. The molecular formula is C16H28N2O. The fraction of sp³-hybridized carbons (Fsp3) is 0.812. The van der Waals surface area contributed by atoms with Gasteiger partial charge in [-0.15, -0.1) is 0 Å². The van der Waals surface area contributed by atoms with Crippen molar-refractivity contribution in [2.24, 2.45) is 11.8 Å². The van der Waals surface area contributed by atoms with Gasteiger partial charge >= 0.3 is 0 Å². The second-order valence-corrected chi connectivity index (χ2v) is 6.36. The maximum absolute atomic E-state index is 11.0. The van der Waals surface area contributed by atoms with Crippen LogP contribution in [0, 0.1) is 11.8 Å². The summed E-state index contributed by atoms with van der Waals surface area (Å²) in [7, 11) is 0. The van der Waals surface area contributed by atoms with E-state index in [2.05, 4.69) is 43.5 Å². The minimum absolute atomic E-state index is 0.376. The normalized spacial score (nSPS) is 31.6. The van der Waals surface area contributed by atoms with Crippen LogP contribution in [0.1, 0.15) is 58.3 Å². The molecule has 1 N–H and O–H groups in total. The zero-order valence-corrected chi connectivity index (χ0v) is 12.8. The lowest BCUT2D eigenvalue weighted by Crippen LogP contribution is -2.43. The summed E-state index contributed by atoms with van der Waals surface area (Å²) >= 11 is 0. The van der Waals surface area contributed by atoms with Crippen molar-refractivity contribution < 1.29 is 5.11 Å². The number of aliphatic hydroxyl groups is 1. The van der Waals surface area contributed by atoms with Gasteiger partial charge in [-0.1, -0.05) is 20.8 Å². The molecule has 0 aromatic carbocycles. The Labute approximate surface area is 117 Å². The van der Waals surface area contributed by atoms with Gasteiger partial charge in [0, 0.05) is 18.7 Å². The third-order valence-corrected chi connectivity index (χ3v) is 4.81. The predicted octanol–water partition coefficient (Wildman–Crippen LogP) is 3.20. The van der Waals surface area contributed by atoms with E-state index in [1.165, 1.54) is 5.69 Å². The summed E-state index contributed by atoms with van der Waals surface area (Å²) in [5, 5.41) is 15.6. The molecule has 1 aliphatic carbocycles. The Morgan fingerprint density at radius 1 is 1.42 bits per heavy atom. The first kappa shape index (κ1) is 14.6. The van der Waals surface area contributed by atoms with E-state index in [1.807, 2.05) is 0 Å². The molecule has 1 aromatic rings. The molecule has 3 unspecified atom stereocenters. The van der Waals surface area contributed by atoms with E-state index in [9.17, 15) is 5.11 Å². The topological polar surface area (TPSA) is 38.0 Å². The van der Waals surface area contributed by atoms with E-state index in [0.29, 0.717) is 5.92 Å². The van der Waals surface area contributed by atoms with Crippen LogP contribution >= 0.6 is 0 Å². The Morgan fingerprint density at radius 2 is 2.16 bits per heavy atom. The first-order valence-electron chi connectivity index (χ1n) is 7.76. The smallest absolute Gasteiger partial charge is 0.0728 e. The third kappa shape index (κ3) is 3.02. The van der Waals surface area contributed by atoms with Crippen LogP contribution in [0.5, 0.6) is 0 Å². The second-order valence-electron chi connectivity index (χ2n) is 6.36. The summed E-state index contributed by atoms with van der Waals surface area (Å²) in [6, 6.07) is 2.17. The first-order chi connectivity index (χ1) is 8.98. The molecule has 0 amide bonds. The van der Waals surface area contributed by atoms with Gasteiger partial charge in [0.25, 0.3) is 0 Å². The maximum Gasteiger partial charge on any atom is 0.0728 e. The Hall–Kier alpha value is -0.830. The zero-order chi connectivity index (χ0) is 14.0. The second kappa shape index (κ2) is 5.66. The molecule has 1 aromatic heterocycles. The first-order valence-corrected chi connectivity index (χ1v) is 7.76. The van der Waals surface area contributed by atoms with E-state index in [4.69, 9.17) is 0 Å². The minimum Gasteiger partial charge on any atom is -0.389 e. The molecule has 3 atom stereocenters. The van der Waals surface area contributed by atoms with Crippen LogP contribution in [0.15, 0.2) is 6.07 Å². The van der Waals surface area contributed by atoms with Gasteiger partial charge in [0.15, 0.2) is 0 Å². The summed E-state index contributed by atoms with van der Waals surface area (Å²) in [5.41, 5.74) is 1.80. The van der Waals surface area contributed by atoms with Gasteiger partial charge in [0.1, 0.15) is 0 Å². The molecule has 0 bridgehead atoms. The molecular weight excluding hydrogens is 236 g/mol. The van der Waals surface area contributed by atoms with Crippen molar-refractivity contribution in [1.82, 2.24) is 9.78 Å². The summed E-state index contributed by atoms with van der Waals surface area (Å²) in [6.45, 7) is 9.62. The van der Waals surface area contributed by atoms with Crippen LogP contribution in [-0.2, 0) is 19.4 Å². The van der Waals surface area contributed by atoms with Crippen LogP contribution in [0.3, 0.4) is 0 Å². The van der Waals surface area contributed by atoms with Crippen molar-refractivity contribution in [3.63, 3.8) is 0 Å². The molecule has 3 heteroatoms. The summed E-state index contributed by atoms with van der Waals surface area (Å²) in [6.07, 6.45) is 4.91. The van der Waals surface area contributed by atoms with Gasteiger partial charge < -0.3 is 5.11 Å². The highest BCUT2D eigenvalue weighted by Gasteiger charge is 2.39. The number of hydrogen-bond acceptors (Lipinski definition) is 2. The van der Waals surface area contributed by atoms with E-state index >= 15 is 0 Å². The average molecular weight is 264 g/mol. The van der Waals surface area contributed by atoms with Crippen molar-refractivity contribution in [1.29, 1.82) is 0 Å². The van der Waals surface area contributed by atoms with E-state index in [0.717, 1.165) is 50.3 Å². The Morgan fingerprint density at radius 3 is 2.74 bits per heavy atom. The lowest BCUT2D eigenvalue weighted by atomic mass is 9.70. The number of nitrogens with zero attached hydrogens (tertiary/aromatic N) is 2. The molecule has 108 valence electrons. The fourth-order valence-corrected chi connectivity index (χ4v) is 3.36. The summed E-state index contributed by atoms with van der Waals surface area (Å²) in [5.74, 6) is 1.12.